The van der Waals surface area contributed by atoms with E-state index in [9.17, 15) is 0 Å². The molecule has 0 aliphatic heterocycles. The van der Waals surface area contributed by atoms with Crippen LogP contribution < -0.4 is 14.8 Å². The lowest BCUT2D eigenvalue weighted by molar-refractivity contribution is 0.338. The van der Waals surface area contributed by atoms with E-state index in [1.54, 1.807) is 6.20 Å². The highest BCUT2D eigenvalue weighted by Crippen LogP contribution is 2.27. The Kier molecular flexibility index (Phi) is 5.58. The zero-order valence-corrected chi connectivity index (χ0v) is 12.8. The maximum absolute atomic E-state index is 5.97. The highest BCUT2D eigenvalue weighted by atomic mass is 16.5. The molecule has 21 heavy (non-hydrogen) atoms. The lowest BCUT2D eigenvalue weighted by atomic mass is 10.2. The molecule has 0 amide bonds. The molecule has 1 heterocycles. The van der Waals surface area contributed by atoms with Gasteiger partial charge in [-0.3, -0.25) is 4.98 Å². The first-order valence-electron chi connectivity index (χ1n) is 7.26. The molecule has 0 atom stereocenters. The van der Waals surface area contributed by atoms with Crippen molar-refractivity contribution in [1.29, 1.82) is 0 Å². The summed E-state index contributed by atoms with van der Waals surface area (Å²) in [5.41, 5.74) is 1.04. The van der Waals surface area contributed by atoms with E-state index >= 15 is 0 Å². The van der Waals surface area contributed by atoms with E-state index in [0.29, 0.717) is 12.6 Å². The number of aromatic nitrogens is 1. The Morgan fingerprint density at radius 2 is 2.00 bits per heavy atom. The number of pyridine rings is 1. The lowest BCUT2D eigenvalue weighted by Gasteiger charge is -2.13. The van der Waals surface area contributed by atoms with Crippen LogP contribution in [0.4, 0.5) is 0 Å². The van der Waals surface area contributed by atoms with Gasteiger partial charge < -0.3 is 14.8 Å². The van der Waals surface area contributed by atoms with Crippen molar-refractivity contribution in [3.8, 4) is 17.2 Å². The van der Waals surface area contributed by atoms with Crippen LogP contribution in [0.1, 0.15) is 26.3 Å². The molecule has 0 aliphatic carbocycles. The molecule has 2 rings (SSSR count). The minimum absolute atomic E-state index is 0.416. The standard InChI is InChI=1S/C17H22N2O2/c1-4-20-15-6-5-7-16(10-15)21-17-8-9-18-11-14(17)12-19-13(2)3/h5-11,13,19H,4,12H2,1-3H3. The van der Waals surface area contributed by atoms with E-state index in [-0.39, 0.29) is 0 Å². The fourth-order valence-corrected chi connectivity index (χ4v) is 1.88. The molecule has 1 N–H and O–H groups in total. The average molecular weight is 286 g/mol. The summed E-state index contributed by atoms with van der Waals surface area (Å²) in [5, 5.41) is 3.37. The van der Waals surface area contributed by atoms with Gasteiger partial charge >= 0.3 is 0 Å². The van der Waals surface area contributed by atoms with Gasteiger partial charge in [0.05, 0.1) is 6.61 Å². The van der Waals surface area contributed by atoms with Crippen LogP contribution >= 0.6 is 0 Å². The molecule has 4 heteroatoms. The predicted molar refractivity (Wildman–Crippen MR) is 83.9 cm³/mol. The minimum Gasteiger partial charge on any atom is -0.494 e. The quantitative estimate of drug-likeness (QED) is 0.841. The molecule has 0 radical (unpaired) electrons. The van der Waals surface area contributed by atoms with E-state index in [4.69, 9.17) is 9.47 Å². The maximum Gasteiger partial charge on any atom is 0.134 e. The van der Waals surface area contributed by atoms with E-state index < -0.39 is 0 Å². The summed E-state index contributed by atoms with van der Waals surface area (Å²) in [7, 11) is 0. The number of ether oxygens (including phenoxy) is 2. The van der Waals surface area contributed by atoms with E-state index in [2.05, 4.69) is 24.1 Å². The summed E-state index contributed by atoms with van der Waals surface area (Å²) in [5.74, 6) is 2.38. The normalized spacial score (nSPS) is 10.7. The molecule has 0 unspecified atom stereocenters. The third-order valence-corrected chi connectivity index (χ3v) is 2.90. The molecule has 4 nitrogen and oxygen atoms in total. The van der Waals surface area contributed by atoms with Crippen LogP contribution in [0.15, 0.2) is 42.7 Å². The van der Waals surface area contributed by atoms with Crippen LogP contribution in [-0.2, 0) is 6.54 Å². The Hall–Kier alpha value is -2.07. The molecule has 1 aromatic heterocycles. The topological polar surface area (TPSA) is 43.4 Å². The van der Waals surface area contributed by atoms with Crippen molar-refractivity contribution < 1.29 is 9.47 Å². The van der Waals surface area contributed by atoms with Crippen molar-refractivity contribution in [2.24, 2.45) is 0 Å². The number of hydrogen-bond acceptors (Lipinski definition) is 4. The first kappa shape index (κ1) is 15.3. The fraction of sp³-hybridized carbons (Fsp3) is 0.353. The van der Waals surface area contributed by atoms with Gasteiger partial charge in [0.25, 0.3) is 0 Å². The van der Waals surface area contributed by atoms with Gasteiger partial charge in [0.1, 0.15) is 17.2 Å². The largest absolute Gasteiger partial charge is 0.494 e. The van der Waals surface area contributed by atoms with Crippen molar-refractivity contribution in [2.75, 3.05) is 6.61 Å². The molecule has 0 saturated carbocycles. The van der Waals surface area contributed by atoms with Crippen molar-refractivity contribution in [1.82, 2.24) is 10.3 Å². The van der Waals surface area contributed by atoms with Gasteiger partial charge in [-0.05, 0) is 25.1 Å². The highest BCUT2D eigenvalue weighted by Gasteiger charge is 2.06. The van der Waals surface area contributed by atoms with Crippen molar-refractivity contribution in [2.45, 2.75) is 33.4 Å². The number of benzene rings is 1. The van der Waals surface area contributed by atoms with Gasteiger partial charge in [0, 0.05) is 36.6 Å². The first-order valence-corrected chi connectivity index (χ1v) is 7.26. The van der Waals surface area contributed by atoms with Crippen molar-refractivity contribution in [3.63, 3.8) is 0 Å². The van der Waals surface area contributed by atoms with Crippen LogP contribution in [-0.4, -0.2) is 17.6 Å². The summed E-state index contributed by atoms with van der Waals surface area (Å²) in [4.78, 5) is 4.17. The molecule has 0 saturated heterocycles. The van der Waals surface area contributed by atoms with Gasteiger partial charge in [-0.2, -0.15) is 0 Å². The third-order valence-electron chi connectivity index (χ3n) is 2.90. The summed E-state index contributed by atoms with van der Waals surface area (Å²) in [6, 6.07) is 9.95. The van der Waals surface area contributed by atoms with Crippen LogP contribution in [0.5, 0.6) is 17.2 Å². The zero-order valence-electron chi connectivity index (χ0n) is 12.8. The molecule has 2 aromatic rings. The Morgan fingerprint density at radius 3 is 2.76 bits per heavy atom. The number of hydrogen-bond donors (Lipinski definition) is 1. The summed E-state index contributed by atoms with van der Waals surface area (Å²) in [6.07, 6.45) is 3.57. The van der Waals surface area contributed by atoms with E-state index in [0.717, 1.165) is 29.4 Å². The van der Waals surface area contributed by atoms with Crippen molar-refractivity contribution >= 4 is 0 Å². The van der Waals surface area contributed by atoms with Gasteiger partial charge in [-0.25, -0.2) is 0 Å². The Balaban J connectivity index is 2.13. The van der Waals surface area contributed by atoms with Crippen LogP contribution in [0.25, 0.3) is 0 Å². The third kappa shape index (κ3) is 4.76. The summed E-state index contributed by atoms with van der Waals surface area (Å²) < 4.78 is 11.5. The zero-order chi connectivity index (χ0) is 15.1. The molecule has 1 aromatic carbocycles. The molecular formula is C17H22N2O2. The van der Waals surface area contributed by atoms with Gasteiger partial charge in [0.15, 0.2) is 0 Å². The Labute approximate surface area is 126 Å². The second-order valence-electron chi connectivity index (χ2n) is 5.03. The minimum atomic E-state index is 0.416. The smallest absolute Gasteiger partial charge is 0.134 e. The van der Waals surface area contributed by atoms with Crippen LogP contribution in [0.3, 0.4) is 0 Å². The molecule has 0 fully saturated rings. The number of nitrogens with zero attached hydrogens (tertiary/aromatic N) is 1. The summed E-state index contributed by atoms with van der Waals surface area (Å²) >= 11 is 0. The van der Waals surface area contributed by atoms with Crippen LogP contribution in [0, 0.1) is 0 Å². The van der Waals surface area contributed by atoms with Gasteiger partial charge in [0.2, 0.25) is 0 Å². The monoisotopic (exact) mass is 286 g/mol. The molecular weight excluding hydrogens is 264 g/mol. The van der Waals surface area contributed by atoms with E-state index in [1.165, 1.54) is 0 Å². The molecule has 0 bridgehead atoms. The second-order valence-corrected chi connectivity index (χ2v) is 5.03. The number of nitrogens with one attached hydrogen (secondary N) is 1. The molecule has 112 valence electrons. The average Bonchev–Trinajstić information content (AvgIpc) is 2.47. The predicted octanol–water partition coefficient (Wildman–Crippen LogP) is 3.77. The number of rotatable bonds is 7. The van der Waals surface area contributed by atoms with E-state index in [1.807, 2.05) is 43.5 Å². The Bertz CT molecular complexity index is 570. The maximum atomic E-state index is 5.97. The first-order chi connectivity index (χ1) is 10.2. The second kappa shape index (κ2) is 7.64. The fourth-order valence-electron chi connectivity index (χ4n) is 1.88. The molecule has 0 aliphatic rings. The Morgan fingerprint density at radius 1 is 1.19 bits per heavy atom. The molecule has 0 spiro atoms. The van der Waals surface area contributed by atoms with Crippen LogP contribution in [0.2, 0.25) is 0 Å². The summed E-state index contributed by atoms with van der Waals surface area (Å²) in [6.45, 7) is 7.56. The lowest BCUT2D eigenvalue weighted by Crippen LogP contribution is -2.22. The van der Waals surface area contributed by atoms with Gasteiger partial charge in [-0.15, -0.1) is 0 Å². The van der Waals surface area contributed by atoms with Crippen molar-refractivity contribution in [3.05, 3.63) is 48.3 Å². The SMILES string of the molecule is CCOc1cccc(Oc2ccncc2CNC(C)C)c1. The van der Waals surface area contributed by atoms with Gasteiger partial charge in [-0.1, -0.05) is 19.9 Å². The highest BCUT2D eigenvalue weighted by molar-refractivity contribution is 5.39.